The molecule has 2 N–H and O–H groups in total. The van der Waals surface area contributed by atoms with Gasteiger partial charge in [0.25, 0.3) is 0 Å². The Bertz CT molecular complexity index is 601. The quantitative estimate of drug-likeness (QED) is 0.795. The first kappa shape index (κ1) is 19.4. The zero-order valence-corrected chi connectivity index (χ0v) is 14.3. The lowest BCUT2D eigenvalue weighted by atomic mass is 10.3. The Labute approximate surface area is 147 Å². The van der Waals surface area contributed by atoms with Gasteiger partial charge in [-0.3, -0.25) is 14.5 Å². The number of aromatic nitrogens is 3. The van der Waals surface area contributed by atoms with Gasteiger partial charge in [-0.05, 0) is 43.0 Å². The summed E-state index contributed by atoms with van der Waals surface area (Å²) in [4.78, 5) is 15.7. The summed E-state index contributed by atoms with van der Waals surface area (Å²) in [6.07, 6.45) is 7.94. The SMILES string of the molecule is Cl.Cl.O=C(CNCC1CC1)Nc1ccn(Cc2ccncc2)n1. The average molecular weight is 358 g/mol. The molecule has 0 aromatic carbocycles. The lowest BCUT2D eigenvalue weighted by Crippen LogP contribution is -2.29. The molecule has 2 heterocycles. The summed E-state index contributed by atoms with van der Waals surface area (Å²) in [6.45, 7) is 1.94. The fourth-order valence-electron chi connectivity index (χ4n) is 2.09. The Morgan fingerprint density at radius 2 is 1.96 bits per heavy atom. The largest absolute Gasteiger partial charge is 0.308 e. The van der Waals surface area contributed by atoms with Crippen molar-refractivity contribution in [1.29, 1.82) is 0 Å². The molecular weight excluding hydrogens is 337 g/mol. The molecule has 1 saturated carbocycles. The standard InChI is InChI=1S/C15H19N5O.2ClH/c21-15(10-17-9-12-1-2-12)18-14-5-8-20(19-14)11-13-3-6-16-7-4-13;;/h3-8,12,17H,1-2,9-11H2,(H,18,19,21);2*1H. The number of rotatable bonds is 7. The van der Waals surface area contributed by atoms with E-state index in [1.54, 1.807) is 23.1 Å². The van der Waals surface area contributed by atoms with Crippen LogP contribution in [0, 0.1) is 5.92 Å². The van der Waals surface area contributed by atoms with E-state index in [4.69, 9.17) is 0 Å². The van der Waals surface area contributed by atoms with E-state index in [1.807, 2.05) is 18.3 Å². The van der Waals surface area contributed by atoms with Gasteiger partial charge in [0, 0.05) is 24.7 Å². The molecule has 2 aromatic heterocycles. The molecule has 8 heteroatoms. The lowest BCUT2D eigenvalue weighted by Gasteiger charge is -2.04. The van der Waals surface area contributed by atoms with Gasteiger partial charge in [-0.25, -0.2) is 0 Å². The molecule has 0 unspecified atom stereocenters. The van der Waals surface area contributed by atoms with E-state index in [0.717, 1.165) is 18.0 Å². The van der Waals surface area contributed by atoms with Crippen LogP contribution in [0.4, 0.5) is 5.82 Å². The molecule has 23 heavy (non-hydrogen) atoms. The van der Waals surface area contributed by atoms with Crippen LogP contribution in [0.2, 0.25) is 0 Å². The molecule has 6 nitrogen and oxygen atoms in total. The molecule has 0 spiro atoms. The van der Waals surface area contributed by atoms with Gasteiger partial charge in [-0.2, -0.15) is 5.10 Å². The summed E-state index contributed by atoms with van der Waals surface area (Å²) >= 11 is 0. The Morgan fingerprint density at radius 1 is 1.22 bits per heavy atom. The van der Waals surface area contributed by atoms with Crippen molar-refractivity contribution in [2.45, 2.75) is 19.4 Å². The van der Waals surface area contributed by atoms with Gasteiger partial charge in [0.1, 0.15) is 0 Å². The van der Waals surface area contributed by atoms with E-state index in [9.17, 15) is 4.79 Å². The van der Waals surface area contributed by atoms with Crippen LogP contribution in [0.3, 0.4) is 0 Å². The predicted molar refractivity (Wildman–Crippen MR) is 94.3 cm³/mol. The van der Waals surface area contributed by atoms with Crippen LogP contribution in [0.15, 0.2) is 36.8 Å². The van der Waals surface area contributed by atoms with E-state index in [-0.39, 0.29) is 30.7 Å². The minimum Gasteiger partial charge on any atom is -0.308 e. The van der Waals surface area contributed by atoms with Crippen LogP contribution in [-0.4, -0.2) is 33.8 Å². The number of hydrogen-bond donors (Lipinski definition) is 2. The zero-order valence-electron chi connectivity index (χ0n) is 12.6. The number of carbonyl (C=O) groups excluding carboxylic acids is 1. The van der Waals surface area contributed by atoms with E-state index in [0.29, 0.717) is 18.9 Å². The van der Waals surface area contributed by atoms with E-state index >= 15 is 0 Å². The van der Waals surface area contributed by atoms with Gasteiger partial charge >= 0.3 is 0 Å². The van der Waals surface area contributed by atoms with Crippen molar-refractivity contribution < 1.29 is 4.79 Å². The first-order valence-corrected chi connectivity index (χ1v) is 7.22. The highest BCUT2D eigenvalue weighted by atomic mass is 35.5. The molecule has 1 aliphatic carbocycles. The molecule has 1 fully saturated rings. The van der Waals surface area contributed by atoms with E-state index in [2.05, 4.69) is 20.7 Å². The van der Waals surface area contributed by atoms with Crippen LogP contribution in [0.25, 0.3) is 0 Å². The Kier molecular flexibility index (Phi) is 8.02. The van der Waals surface area contributed by atoms with Crippen LogP contribution in [-0.2, 0) is 11.3 Å². The summed E-state index contributed by atoms with van der Waals surface area (Å²) in [7, 11) is 0. The van der Waals surface area contributed by atoms with Gasteiger partial charge in [0.15, 0.2) is 5.82 Å². The number of carbonyl (C=O) groups is 1. The van der Waals surface area contributed by atoms with Crippen molar-refractivity contribution in [3.8, 4) is 0 Å². The van der Waals surface area contributed by atoms with Crippen LogP contribution < -0.4 is 10.6 Å². The summed E-state index contributed by atoms with van der Waals surface area (Å²) in [5, 5.41) is 10.3. The maximum atomic E-state index is 11.8. The third-order valence-electron chi connectivity index (χ3n) is 3.42. The zero-order chi connectivity index (χ0) is 14.5. The molecule has 0 radical (unpaired) electrons. The first-order chi connectivity index (χ1) is 10.3. The summed E-state index contributed by atoms with van der Waals surface area (Å²) < 4.78 is 1.79. The molecule has 0 saturated heterocycles. The molecule has 2 aromatic rings. The molecule has 126 valence electrons. The second kappa shape index (κ2) is 9.50. The molecule has 0 atom stereocenters. The van der Waals surface area contributed by atoms with Gasteiger partial charge < -0.3 is 10.6 Å². The van der Waals surface area contributed by atoms with Gasteiger partial charge in [-0.15, -0.1) is 24.8 Å². The molecule has 1 aliphatic rings. The van der Waals surface area contributed by atoms with Crippen LogP contribution in [0.1, 0.15) is 18.4 Å². The van der Waals surface area contributed by atoms with Gasteiger partial charge in [0.05, 0.1) is 13.1 Å². The smallest absolute Gasteiger partial charge is 0.239 e. The molecule has 3 rings (SSSR count). The number of anilines is 1. The van der Waals surface area contributed by atoms with Crippen molar-refractivity contribution in [1.82, 2.24) is 20.1 Å². The molecule has 0 aliphatic heterocycles. The summed E-state index contributed by atoms with van der Waals surface area (Å²) in [6, 6.07) is 5.70. The van der Waals surface area contributed by atoms with Gasteiger partial charge in [0.2, 0.25) is 5.91 Å². The van der Waals surface area contributed by atoms with Crippen molar-refractivity contribution in [2.75, 3.05) is 18.4 Å². The fourth-order valence-corrected chi connectivity index (χ4v) is 2.09. The minimum absolute atomic E-state index is 0. The number of pyridine rings is 1. The Hall–Kier alpha value is -1.63. The highest BCUT2D eigenvalue weighted by Gasteiger charge is 2.20. The summed E-state index contributed by atoms with van der Waals surface area (Å²) in [5.41, 5.74) is 1.12. The van der Waals surface area contributed by atoms with Crippen molar-refractivity contribution in [3.63, 3.8) is 0 Å². The second-order valence-corrected chi connectivity index (χ2v) is 5.38. The second-order valence-electron chi connectivity index (χ2n) is 5.38. The van der Waals surface area contributed by atoms with E-state index < -0.39 is 0 Å². The Balaban J connectivity index is 0.00000132. The predicted octanol–water partition coefficient (Wildman–Crippen LogP) is 2.11. The van der Waals surface area contributed by atoms with Crippen LogP contribution in [0.5, 0.6) is 0 Å². The van der Waals surface area contributed by atoms with Crippen molar-refractivity contribution >= 4 is 36.5 Å². The maximum Gasteiger partial charge on any atom is 0.239 e. The van der Waals surface area contributed by atoms with Gasteiger partial charge in [-0.1, -0.05) is 0 Å². The number of nitrogens with zero attached hydrogens (tertiary/aromatic N) is 3. The van der Waals surface area contributed by atoms with Crippen molar-refractivity contribution in [3.05, 3.63) is 42.4 Å². The van der Waals surface area contributed by atoms with Crippen LogP contribution >= 0.6 is 24.8 Å². The number of amides is 1. The minimum atomic E-state index is -0.0511. The number of nitrogens with one attached hydrogen (secondary N) is 2. The maximum absolute atomic E-state index is 11.8. The topological polar surface area (TPSA) is 71.8 Å². The average Bonchev–Trinajstić information content (AvgIpc) is 3.21. The molecule has 0 bridgehead atoms. The Morgan fingerprint density at radius 3 is 2.65 bits per heavy atom. The normalized spacial score (nSPS) is 12.9. The first-order valence-electron chi connectivity index (χ1n) is 7.22. The number of hydrogen-bond acceptors (Lipinski definition) is 4. The molecule has 1 amide bonds. The van der Waals surface area contributed by atoms with E-state index in [1.165, 1.54) is 12.8 Å². The third kappa shape index (κ3) is 6.56. The monoisotopic (exact) mass is 357 g/mol. The third-order valence-corrected chi connectivity index (χ3v) is 3.42. The van der Waals surface area contributed by atoms with Crippen molar-refractivity contribution in [2.24, 2.45) is 5.92 Å². The number of halogens is 2. The highest BCUT2D eigenvalue weighted by Crippen LogP contribution is 2.27. The summed E-state index contributed by atoms with van der Waals surface area (Å²) in [5.74, 6) is 1.31. The fraction of sp³-hybridized carbons (Fsp3) is 0.400. The lowest BCUT2D eigenvalue weighted by molar-refractivity contribution is -0.115. The molecular formula is C15H21Cl2N5O. The highest BCUT2D eigenvalue weighted by molar-refractivity contribution is 5.91.